The van der Waals surface area contributed by atoms with E-state index in [0.29, 0.717) is 17.7 Å². The summed E-state index contributed by atoms with van der Waals surface area (Å²) in [6.45, 7) is 2.74. The number of methoxy groups -OCH3 is 1. The summed E-state index contributed by atoms with van der Waals surface area (Å²) in [6, 6.07) is 12.7. The second-order valence-electron chi connectivity index (χ2n) is 7.36. The SMILES string of the molecule is COC(=O)c1ccc(CNC(=O)c2ccc(S(=O)(=O)N3CCCCC3C)cc2)cc1. The van der Waals surface area contributed by atoms with Crippen LogP contribution in [0.15, 0.2) is 53.4 Å². The van der Waals surface area contributed by atoms with Crippen molar-refractivity contribution in [3.63, 3.8) is 0 Å². The molecular formula is C22H26N2O5S. The van der Waals surface area contributed by atoms with E-state index in [1.54, 1.807) is 28.6 Å². The molecule has 0 aliphatic carbocycles. The van der Waals surface area contributed by atoms with Gasteiger partial charge in [0.15, 0.2) is 0 Å². The van der Waals surface area contributed by atoms with Crippen molar-refractivity contribution in [3.8, 4) is 0 Å². The van der Waals surface area contributed by atoms with Gasteiger partial charge in [-0.15, -0.1) is 0 Å². The highest BCUT2D eigenvalue weighted by molar-refractivity contribution is 7.89. The van der Waals surface area contributed by atoms with Crippen LogP contribution in [0.25, 0.3) is 0 Å². The van der Waals surface area contributed by atoms with Gasteiger partial charge < -0.3 is 10.1 Å². The lowest BCUT2D eigenvalue weighted by Gasteiger charge is -2.32. The average molecular weight is 431 g/mol. The van der Waals surface area contributed by atoms with Crippen molar-refractivity contribution in [2.45, 2.75) is 43.7 Å². The predicted octanol–water partition coefficient (Wildman–Crippen LogP) is 2.97. The number of esters is 1. The minimum atomic E-state index is -3.56. The van der Waals surface area contributed by atoms with Crippen LogP contribution in [0.2, 0.25) is 0 Å². The summed E-state index contributed by atoms with van der Waals surface area (Å²) < 4.78 is 32.0. The van der Waals surface area contributed by atoms with Gasteiger partial charge in [0, 0.05) is 24.7 Å². The number of nitrogens with one attached hydrogen (secondary N) is 1. The maximum atomic E-state index is 12.9. The molecule has 1 aliphatic rings. The molecule has 8 heteroatoms. The molecule has 160 valence electrons. The first-order valence-electron chi connectivity index (χ1n) is 9.90. The van der Waals surface area contributed by atoms with Crippen molar-refractivity contribution in [3.05, 3.63) is 65.2 Å². The lowest BCUT2D eigenvalue weighted by Crippen LogP contribution is -2.41. The van der Waals surface area contributed by atoms with Crippen LogP contribution in [0.1, 0.15) is 52.5 Å². The van der Waals surface area contributed by atoms with Crippen LogP contribution < -0.4 is 5.32 Å². The second kappa shape index (κ2) is 9.40. The lowest BCUT2D eigenvalue weighted by molar-refractivity contribution is 0.0600. The number of hydrogen-bond donors (Lipinski definition) is 1. The largest absolute Gasteiger partial charge is 0.465 e. The monoisotopic (exact) mass is 430 g/mol. The molecule has 0 aromatic heterocycles. The Morgan fingerprint density at radius 1 is 1.03 bits per heavy atom. The lowest BCUT2D eigenvalue weighted by atomic mass is 10.1. The number of hydrogen-bond acceptors (Lipinski definition) is 5. The normalized spacial score (nSPS) is 17.3. The Hall–Kier alpha value is -2.71. The third-order valence-corrected chi connectivity index (χ3v) is 7.32. The van der Waals surface area contributed by atoms with Crippen molar-refractivity contribution in [1.29, 1.82) is 0 Å². The highest BCUT2D eigenvalue weighted by Gasteiger charge is 2.30. The van der Waals surface area contributed by atoms with Crippen molar-refractivity contribution in [2.24, 2.45) is 0 Å². The Labute approximate surface area is 177 Å². The zero-order valence-corrected chi connectivity index (χ0v) is 17.9. The van der Waals surface area contributed by atoms with E-state index in [-0.39, 0.29) is 23.4 Å². The molecule has 1 saturated heterocycles. The Kier molecular flexibility index (Phi) is 6.89. The number of rotatable bonds is 6. The summed E-state index contributed by atoms with van der Waals surface area (Å²) in [7, 11) is -2.24. The van der Waals surface area contributed by atoms with Crippen molar-refractivity contribution in [1.82, 2.24) is 9.62 Å². The van der Waals surface area contributed by atoms with Gasteiger partial charge in [0.1, 0.15) is 0 Å². The molecule has 1 atom stereocenters. The van der Waals surface area contributed by atoms with E-state index in [4.69, 9.17) is 0 Å². The first-order chi connectivity index (χ1) is 14.3. The van der Waals surface area contributed by atoms with E-state index in [2.05, 4.69) is 10.1 Å². The fourth-order valence-corrected chi connectivity index (χ4v) is 5.20. The number of amides is 1. The number of nitrogens with zero attached hydrogens (tertiary/aromatic N) is 1. The first kappa shape index (κ1) is 22.0. The van der Waals surface area contributed by atoms with Crippen LogP contribution in [0.5, 0.6) is 0 Å². The van der Waals surface area contributed by atoms with Crippen LogP contribution >= 0.6 is 0 Å². The quantitative estimate of drug-likeness (QED) is 0.712. The molecule has 2 aromatic carbocycles. The molecule has 0 bridgehead atoms. The number of benzene rings is 2. The summed E-state index contributed by atoms with van der Waals surface area (Å²) in [5.41, 5.74) is 1.65. The molecule has 30 heavy (non-hydrogen) atoms. The average Bonchev–Trinajstić information content (AvgIpc) is 2.77. The van der Waals surface area contributed by atoms with Crippen molar-refractivity contribution >= 4 is 21.9 Å². The van der Waals surface area contributed by atoms with Gasteiger partial charge >= 0.3 is 5.97 Å². The zero-order valence-electron chi connectivity index (χ0n) is 17.1. The number of ether oxygens (including phenoxy) is 1. The van der Waals surface area contributed by atoms with Gasteiger partial charge in [-0.25, -0.2) is 13.2 Å². The van der Waals surface area contributed by atoms with Crippen LogP contribution in [0.3, 0.4) is 0 Å². The molecule has 0 spiro atoms. The topological polar surface area (TPSA) is 92.8 Å². The minimum Gasteiger partial charge on any atom is -0.465 e. The smallest absolute Gasteiger partial charge is 0.337 e. The van der Waals surface area contributed by atoms with Gasteiger partial charge in [0.25, 0.3) is 5.91 Å². The maximum Gasteiger partial charge on any atom is 0.337 e. The molecule has 0 radical (unpaired) electrons. The van der Waals surface area contributed by atoms with E-state index in [1.807, 2.05) is 6.92 Å². The van der Waals surface area contributed by atoms with Gasteiger partial charge in [0.05, 0.1) is 17.6 Å². The summed E-state index contributed by atoms with van der Waals surface area (Å²) in [6.07, 6.45) is 2.77. The summed E-state index contributed by atoms with van der Waals surface area (Å²) in [5.74, 6) is -0.720. The van der Waals surface area contributed by atoms with Gasteiger partial charge in [-0.1, -0.05) is 18.6 Å². The number of carbonyl (C=O) groups is 2. The fourth-order valence-electron chi connectivity index (χ4n) is 3.50. The Morgan fingerprint density at radius 3 is 2.27 bits per heavy atom. The molecule has 1 heterocycles. The third-order valence-electron chi connectivity index (χ3n) is 5.29. The molecular weight excluding hydrogens is 404 g/mol. The predicted molar refractivity (Wildman–Crippen MR) is 113 cm³/mol. The fraction of sp³-hybridized carbons (Fsp3) is 0.364. The molecule has 0 saturated carbocycles. The van der Waals surface area contributed by atoms with E-state index in [1.165, 1.54) is 31.4 Å². The summed E-state index contributed by atoms with van der Waals surface area (Å²) in [4.78, 5) is 24.1. The Bertz CT molecular complexity index is 1000. The molecule has 1 unspecified atom stereocenters. The van der Waals surface area contributed by atoms with Gasteiger partial charge in [-0.3, -0.25) is 4.79 Å². The summed E-state index contributed by atoms with van der Waals surface area (Å²) in [5, 5.41) is 2.79. The number of piperidine rings is 1. The second-order valence-corrected chi connectivity index (χ2v) is 9.25. The van der Waals surface area contributed by atoms with Crippen LogP contribution in [0.4, 0.5) is 0 Å². The van der Waals surface area contributed by atoms with Crippen molar-refractivity contribution < 1.29 is 22.7 Å². The Balaban J connectivity index is 1.63. The maximum absolute atomic E-state index is 12.9. The van der Waals surface area contributed by atoms with E-state index >= 15 is 0 Å². The molecule has 3 rings (SSSR count). The standard InChI is InChI=1S/C22H26N2O5S/c1-16-5-3-4-14-24(16)30(27,28)20-12-10-18(11-13-20)21(25)23-15-17-6-8-19(9-7-17)22(26)29-2/h6-13,16H,3-5,14-15H2,1-2H3,(H,23,25). The first-order valence-corrected chi connectivity index (χ1v) is 11.3. The van der Waals surface area contributed by atoms with Gasteiger partial charge in [-0.05, 0) is 61.7 Å². The zero-order chi connectivity index (χ0) is 21.7. The van der Waals surface area contributed by atoms with Gasteiger partial charge in [-0.2, -0.15) is 4.31 Å². The molecule has 1 N–H and O–H groups in total. The minimum absolute atomic E-state index is 0.0164. The molecule has 7 nitrogen and oxygen atoms in total. The third kappa shape index (κ3) is 4.88. The number of carbonyl (C=O) groups excluding carboxylic acids is 2. The van der Waals surface area contributed by atoms with Crippen LogP contribution in [-0.4, -0.2) is 44.3 Å². The van der Waals surface area contributed by atoms with E-state index in [9.17, 15) is 18.0 Å². The molecule has 1 amide bonds. The van der Waals surface area contributed by atoms with Gasteiger partial charge in [0.2, 0.25) is 10.0 Å². The molecule has 2 aromatic rings. The van der Waals surface area contributed by atoms with Crippen LogP contribution in [-0.2, 0) is 21.3 Å². The van der Waals surface area contributed by atoms with E-state index < -0.39 is 16.0 Å². The highest BCUT2D eigenvalue weighted by atomic mass is 32.2. The summed E-state index contributed by atoms with van der Waals surface area (Å²) >= 11 is 0. The Morgan fingerprint density at radius 2 is 1.67 bits per heavy atom. The van der Waals surface area contributed by atoms with Crippen LogP contribution in [0, 0.1) is 0 Å². The molecule has 1 aliphatic heterocycles. The highest BCUT2D eigenvalue weighted by Crippen LogP contribution is 2.25. The van der Waals surface area contributed by atoms with Crippen molar-refractivity contribution in [2.75, 3.05) is 13.7 Å². The number of sulfonamides is 1. The molecule has 1 fully saturated rings. The van der Waals surface area contributed by atoms with E-state index in [0.717, 1.165) is 24.8 Å².